The van der Waals surface area contributed by atoms with Gasteiger partial charge in [-0.25, -0.2) is 0 Å². The fourth-order valence-corrected chi connectivity index (χ4v) is 4.89. The van der Waals surface area contributed by atoms with Crippen molar-refractivity contribution in [2.24, 2.45) is 14.1 Å². The molecule has 1 aromatic carbocycles. The molecule has 9 nitrogen and oxygen atoms in total. The van der Waals surface area contributed by atoms with Crippen LogP contribution in [0.3, 0.4) is 0 Å². The molecule has 0 saturated carbocycles. The lowest BCUT2D eigenvalue weighted by atomic mass is 10.0. The van der Waals surface area contributed by atoms with E-state index in [0.29, 0.717) is 24.1 Å². The Morgan fingerprint density at radius 2 is 2.09 bits per heavy atom. The molecular formula is C26H33N7O2. The SMILES string of the molecule is CCOc1nn(C)c(CN2CCCC[C@@H]2C)c1/C=C/c1[nH]nc2ccc(-c3c[nH]n(C)c3=O)cc12. The molecule has 0 bridgehead atoms. The molecule has 4 aromatic rings. The zero-order valence-electron chi connectivity index (χ0n) is 20.8. The van der Waals surface area contributed by atoms with Gasteiger partial charge in [-0.1, -0.05) is 12.5 Å². The Morgan fingerprint density at radius 3 is 2.83 bits per heavy atom. The molecule has 1 saturated heterocycles. The first kappa shape index (κ1) is 23.2. The second-order valence-corrected chi connectivity index (χ2v) is 9.29. The van der Waals surface area contributed by atoms with Gasteiger partial charge in [0, 0.05) is 38.3 Å². The average Bonchev–Trinajstić information content (AvgIpc) is 3.50. The topological polar surface area (TPSA) is 96.8 Å². The second-order valence-electron chi connectivity index (χ2n) is 9.29. The minimum atomic E-state index is -0.0572. The summed E-state index contributed by atoms with van der Waals surface area (Å²) in [5.74, 6) is 0.645. The number of fused-ring (bicyclic) bond motifs is 1. The van der Waals surface area contributed by atoms with Crippen LogP contribution in [0.25, 0.3) is 34.2 Å². The van der Waals surface area contributed by atoms with Crippen molar-refractivity contribution in [2.75, 3.05) is 13.2 Å². The standard InChI is InChI=1S/C26H33N7O2/c1-5-35-25-19(24(31(3)30-25)16-33-13-7-6-8-17(33)2)10-12-23-20-14-18(9-11-22(20)28-29-23)21-15-27-32(4)26(21)34/h9-12,14-15,17,27H,5-8,13,16H2,1-4H3,(H,28,29)/b12-10+/t17-/m0/s1. The lowest BCUT2D eigenvalue weighted by molar-refractivity contribution is 0.149. The van der Waals surface area contributed by atoms with Crippen molar-refractivity contribution in [1.29, 1.82) is 0 Å². The molecule has 0 radical (unpaired) electrons. The van der Waals surface area contributed by atoms with E-state index in [9.17, 15) is 4.79 Å². The van der Waals surface area contributed by atoms with Crippen molar-refractivity contribution in [2.45, 2.75) is 45.7 Å². The molecule has 5 rings (SSSR count). The van der Waals surface area contributed by atoms with E-state index in [2.05, 4.69) is 38.3 Å². The van der Waals surface area contributed by atoms with E-state index in [1.807, 2.05) is 42.9 Å². The number of nitrogens with zero attached hydrogens (tertiary/aromatic N) is 5. The zero-order valence-corrected chi connectivity index (χ0v) is 20.8. The predicted molar refractivity (Wildman–Crippen MR) is 138 cm³/mol. The van der Waals surface area contributed by atoms with E-state index >= 15 is 0 Å². The van der Waals surface area contributed by atoms with Gasteiger partial charge in [-0.05, 0) is 63.1 Å². The molecule has 1 atom stereocenters. The van der Waals surface area contributed by atoms with Crippen molar-refractivity contribution in [3.8, 4) is 17.0 Å². The molecule has 184 valence electrons. The number of likely N-dealkylation sites (tertiary alicyclic amines) is 1. The highest BCUT2D eigenvalue weighted by atomic mass is 16.5. The quantitative estimate of drug-likeness (QED) is 0.422. The molecule has 35 heavy (non-hydrogen) atoms. The van der Waals surface area contributed by atoms with Gasteiger partial charge in [-0.15, -0.1) is 5.10 Å². The molecule has 9 heteroatoms. The van der Waals surface area contributed by atoms with Crippen molar-refractivity contribution in [3.05, 3.63) is 51.7 Å². The maximum absolute atomic E-state index is 12.4. The lowest BCUT2D eigenvalue weighted by Gasteiger charge is -2.33. The smallest absolute Gasteiger partial charge is 0.274 e. The molecule has 4 heterocycles. The van der Waals surface area contributed by atoms with Crippen molar-refractivity contribution >= 4 is 23.1 Å². The number of aromatic nitrogens is 6. The van der Waals surface area contributed by atoms with Crippen LogP contribution in [0.15, 0.2) is 29.2 Å². The van der Waals surface area contributed by atoms with Crippen LogP contribution in [0.4, 0.5) is 0 Å². The summed E-state index contributed by atoms with van der Waals surface area (Å²) in [7, 11) is 3.70. The average molecular weight is 476 g/mol. The number of piperidine rings is 1. The number of hydrogen-bond donors (Lipinski definition) is 2. The molecule has 0 spiro atoms. The summed E-state index contributed by atoms with van der Waals surface area (Å²) in [6.07, 6.45) is 9.58. The number of hydrogen-bond acceptors (Lipinski definition) is 5. The molecule has 0 aliphatic carbocycles. The van der Waals surface area contributed by atoms with Crippen LogP contribution in [-0.2, 0) is 20.6 Å². The lowest BCUT2D eigenvalue weighted by Crippen LogP contribution is -2.37. The maximum Gasteiger partial charge on any atom is 0.274 e. The van der Waals surface area contributed by atoms with Gasteiger partial charge in [0.15, 0.2) is 0 Å². The van der Waals surface area contributed by atoms with Crippen molar-refractivity contribution in [3.63, 3.8) is 0 Å². The minimum absolute atomic E-state index is 0.0572. The fourth-order valence-electron chi connectivity index (χ4n) is 4.89. The van der Waals surface area contributed by atoms with Gasteiger partial charge in [0.25, 0.3) is 5.56 Å². The summed E-state index contributed by atoms with van der Waals surface area (Å²) in [5, 5.41) is 16.2. The molecule has 3 aromatic heterocycles. The highest BCUT2D eigenvalue weighted by molar-refractivity contribution is 5.92. The number of H-pyrrole nitrogens is 2. The maximum atomic E-state index is 12.4. The van der Waals surface area contributed by atoms with Crippen LogP contribution in [-0.4, -0.2) is 53.9 Å². The number of aromatic amines is 2. The van der Waals surface area contributed by atoms with Crippen LogP contribution in [0.2, 0.25) is 0 Å². The number of ether oxygens (including phenoxy) is 1. The summed E-state index contributed by atoms with van der Waals surface area (Å²) < 4.78 is 9.31. The molecule has 1 aliphatic heterocycles. The summed E-state index contributed by atoms with van der Waals surface area (Å²) in [4.78, 5) is 15.0. The first-order valence-corrected chi connectivity index (χ1v) is 12.3. The Morgan fingerprint density at radius 1 is 1.23 bits per heavy atom. The van der Waals surface area contributed by atoms with Gasteiger partial charge in [0.05, 0.1) is 34.6 Å². The minimum Gasteiger partial charge on any atom is -0.476 e. The Bertz CT molecular complexity index is 1420. The van der Waals surface area contributed by atoms with Crippen LogP contribution < -0.4 is 10.3 Å². The van der Waals surface area contributed by atoms with Gasteiger partial charge in [0.1, 0.15) is 0 Å². The van der Waals surface area contributed by atoms with Crippen LogP contribution in [0.1, 0.15) is 50.1 Å². The number of aryl methyl sites for hydroxylation is 2. The fraction of sp³-hybridized carbons (Fsp3) is 0.423. The third-order valence-electron chi connectivity index (χ3n) is 7.00. The van der Waals surface area contributed by atoms with Crippen molar-refractivity contribution < 1.29 is 4.74 Å². The van der Waals surface area contributed by atoms with Gasteiger partial charge >= 0.3 is 0 Å². The van der Waals surface area contributed by atoms with Crippen LogP contribution in [0.5, 0.6) is 5.88 Å². The largest absolute Gasteiger partial charge is 0.476 e. The van der Waals surface area contributed by atoms with E-state index in [0.717, 1.165) is 46.5 Å². The van der Waals surface area contributed by atoms with Crippen molar-refractivity contribution in [1.82, 2.24) is 34.7 Å². The second kappa shape index (κ2) is 9.58. The third kappa shape index (κ3) is 4.43. The molecule has 1 aliphatic rings. The molecule has 1 fully saturated rings. The van der Waals surface area contributed by atoms with E-state index in [1.165, 1.54) is 23.9 Å². The van der Waals surface area contributed by atoms with E-state index in [4.69, 9.17) is 4.74 Å². The summed E-state index contributed by atoms with van der Waals surface area (Å²) in [6.45, 7) is 6.78. The summed E-state index contributed by atoms with van der Waals surface area (Å²) in [5.41, 5.74) is 5.28. The summed E-state index contributed by atoms with van der Waals surface area (Å²) in [6, 6.07) is 6.42. The van der Waals surface area contributed by atoms with Gasteiger partial charge in [-0.3, -0.25) is 24.2 Å². The Labute approximate surface area is 204 Å². The molecule has 0 amide bonds. The molecule has 0 unspecified atom stereocenters. The van der Waals surface area contributed by atoms with Gasteiger partial charge in [0.2, 0.25) is 5.88 Å². The van der Waals surface area contributed by atoms with Crippen LogP contribution in [0, 0.1) is 0 Å². The zero-order chi connectivity index (χ0) is 24.5. The first-order valence-electron chi connectivity index (χ1n) is 12.3. The normalized spacial score (nSPS) is 17.1. The van der Waals surface area contributed by atoms with E-state index in [1.54, 1.807) is 13.2 Å². The van der Waals surface area contributed by atoms with E-state index < -0.39 is 0 Å². The number of nitrogens with one attached hydrogen (secondary N) is 2. The molecular weight excluding hydrogens is 442 g/mol. The highest BCUT2D eigenvalue weighted by Crippen LogP contribution is 2.29. The highest BCUT2D eigenvalue weighted by Gasteiger charge is 2.23. The Balaban J connectivity index is 1.51. The Kier molecular flexibility index (Phi) is 6.34. The predicted octanol–water partition coefficient (Wildman–Crippen LogP) is 3.93. The van der Waals surface area contributed by atoms with Crippen LogP contribution >= 0.6 is 0 Å². The first-order chi connectivity index (χ1) is 17.0. The van der Waals surface area contributed by atoms with Gasteiger partial charge < -0.3 is 9.84 Å². The van der Waals surface area contributed by atoms with Gasteiger partial charge in [-0.2, -0.15) is 5.10 Å². The summed E-state index contributed by atoms with van der Waals surface area (Å²) >= 11 is 0. The molecule has 2 N–H and O–H groups in total. The Hall–Kier alpha value is -3.59. The monoisotopic (exact) mass is 475 g/mol. The third-order valence-corrected chi connectivity index (χ3v) is 7.00. The number of benzene rings is 1. The van der Waals surface area contributed by atoms with E-state index in [-0.39, 0.29) is 5.56 Å². The number of rotatable bonds is 7.